The Bertz CT molecular complexity index is 600. The normalized spacial score (nSPS) is 12.0. The molecule has 22 heavy (non-hydrogen) atoms. The first-order chi connectivity index (χ1) is 10.6. The summed E-state index contributed by atoms with van der Waals surface area (Å²) in [4.78, 5) is 0. The number of rotatable bonds is 7. The number of nitrogens with zero attached hydrogens (tertiary/aromatic N) is 1. The monoisotopic (exact) mass is 305 g/mol. The van der Waals surface area contributed by atoms with Crippen molar-refractivity contribution < 1.29 is 14.2 Å². The fourth-order valence-electron chi connectivity index (χ4n) is 2.29. The summed E-state index contributed by atoms with van der Waals surface area (Å²) in [5.74, 6) is 1.92. The number of aryl methyl sites for hydroxylation is 1. The van der Waals surface area contributed by atoms with Crippen LogP contribution in [0, 0.1) is 6.92 Å². The van der Waals surface area contributed by atoms with Crippen LogP contribution in [0.5, 0.6) is 17.2 Å². The lowest BCUT2D eigenvalue weighted by molar-refractivity contribution is 0.323. The molecule has 0 saturated heterocycles. The van der Waals surface area contributed by atoms with Gasteiger partial charge in [-0.2, -0.15) is 5.10 Å². The van der Waals surface area contributed by atoms with Crippen molar-refractivity contribution in [1.82, 2.24) is 15.5 Å². The highest BCUT2D eigenvalue weighted by atomic mass is 16.5. The molecule has 0 bridgehead atoms. The maximum atomic E-state index is 5.39. The van der Waals surface area contributed by atoms with E-state index in [0.717, 1.165) is 23.4 Å². The molecule has 0 aliphatic rings. The molecule has 1 unspecified atom stereocenters. The first kappa shape index (κ1) is 16.2. The molecular weight excluding hydrogens is 282 g/mol. The molecule has 6 heteroatoms. The van der Waals surface area contributed by atoms with E-state index in [1.807, 2.05) is 25.3 Å². The summed E-state index contributed by atoms with van der Waals surface area (Å²) in [6.07, 6.45) is 1.84. The van der Waals surface area contributed by atoms with Crippen LogP contribution < -0.4 is 19.5 Å². The van der Waals surface area contributed by atoms with Crippen LogP contribution in [-0.4, -0.2) is 31.5 Å². The first-order valence-corrected chi connectivity index (χ1v) is 7.12. The van der Waals surface area contributed by atoms with Gasteiger partial charge in [0.15, 0.2) is 11.5 Å². The quantitative estimate of drug-likeness (QED) is 0.823. The molecule has 120 valence electrons. The van der Waals surface area contributed by atoms with E-state index in [2.05, 4.69) is 22.4 Å². The third-order valence-electron chi connectivity index (χ3n) is 3.72. The summed E-state index contributed by atoms with van der Waals surface area (Å²) < 4.78 is 16.1. The number of benzene rings is 1. The van der Waals surface area contributed by atoms with Crippen LogP contribution in [0.25, 0.3) is 0 Å². The molecule has 0 aliphatic carbocycles. The van der Waals surface area contributed by atoms with Gasteiger partial charge in [-0.25, -0.2) is 0 Å². The number of ether oxygens (including phenoxy) is 3. The van der Waals surface area contributed by atoms with E-state index in [0.29, 0.717) is 17.2 Å². The highest BCUT2D eigenvalue weighted by Gasteiger charge is 2.16. The molecule has 1 atom stereocenters. The summed E-state index contributed by atoms with van der Waals surface area (Å²) in [5.41, 5.74) is 3.29. The number of hydrogen-bond donors (Lipinski definition) is 2. The van der Waals surface area contributed by atoms with Crippen molar-refractivity contribution in [1.29, 1.82) is 0 Å². The van der Waals surface area contributed by atoms with Gasteiger partial charge in [0.25, 0.3) is 0 Å². The fraction of sp³-hybridized carbons (Fsp3) is 0.438. The molecule has 6 nitrogen and oxygen atoms in total. The van der Waals surface area contributed by atoms with Crippen LogP contribution in [0.15, 0.2) is 18.3 Å². The van der Waals surface area contributed by atoms with Crippen LogP contribution >= 0.6 is 0 Å². The number of nitrogens with one attached hydrogen (secondary N) is 2. The SMILES string of the molecule is COc1cc(C(C)NCc2cn[nH]c2C)cc(OC)c1OC. The summed E-state index contributed by atoms with van der Waals surface area (Å²) >= 11 is 0. The number of aromatic nitrogens is 2. The Morgan fingerprint density at radius 3 is 2.23 bits per heavy atom. The van der Waals surface area contributed by atoms with Gasteiger partial charge in [-0.15, -0.1) is 0 Å². The van der Waals surface area contributed by atoms with Crippen LogP contribution in [-0.2, 0) is 6.54 Å². The fourth-order valence-corrected chi connectivity index (χ4v) is 2.29. The van der Waals surface area contributed by atoms with E-state index < -0.39 is 0 Å². The Kier molecular flexibility index (Phi) is 5.27. The lowest BCUT2D eigenvalue weighted by Gasteiger charge is -2.18. The second-order valence-corrected chi connectivity index (χ2v) is 5.08. The minimum absolute atomic E-state index is 0.128. The summed E-state index contributed by atoms with van der Waals surface area (Å²) in [7, 11) is 4.84. The number of methoxy groups -OCH3 is 3. The molecule has 2 rings (SSSR count). The van der Waals surface area contributed by atoms with Crippen molar-refractivity contribution in [3.63, 3.8) is 0 Å². The van der Waals surface area contributed by atoms with Crippen molar-refractivity contribution in [2.45, 2.75) is 26.4 Å². The summed E-state index contributed by atoms with van der Waals surface area (Å²) in [6, 6.07) is 4.05. The van der Waals surface area contributed by atoms with Gasteiger partial charge in [0.1, 0.15) is 0 Å². The van der Waals surface area contributed by atoms with E-state index >= 15 is 0 Å². The number of hydrogen-bond acceptors (Lipinski definition) is 5. The minimum Gasteiger partial charge on any atom is -0.493 e. The molecule has 0 saturated carbocycles. The maximum Gasteiger partial charge on any atom is 0.203 e. The topological polar surface area (TPSA) is 68.4 Å². The zero-order valence-corrected chi connectivity index (χ0v) is 13.7. The van der Waals surface area contributed by atoms with Crippen LogP contribution in [0.1, 0.15) is 29.8 Å². The van der Waals surface area contributed by atoms with Gasteiger partial charge < -0.3 is 19.5 Å². The highest BCUT2D eigenvalue weighted by Crippen LogP contribution is 2.39. The predicted molar refractivity (Wildman–Crippen MR) is 84.7 cm³/mol. The Morgan fingerprint density at radius 2 is 1.77 bits per heavy atom. The van der Waals surface area contributed by atoms with Gasteiger partial charge in [0.05, 0.1) is 27.5 Å². The van der Waals surface area contributed by atoms with Gasteiger partial charge in [-0.3, -0.25) is 5.10 Å². The molecule has 0 aliphatic heterocycles. The largest absolute Gasteiger partial charge is 0.493 e. The highest BCUT2D eigenvalue weighted by molar-refractivity contribution is 5.54. The van der Waals surface area contributed by atoms with Crippen LogP contribution in [0.2, 0.25) is 0 Å². The lowest BCUT2D eigenvalue weighted by Crippen LogP contribution is -2.18. The average molecular weight is 305 g/mol. The second kappa shape index (κ2) is 7.17. The molecule has 2 N–H and O–H groups in total. The van der Waals surface area contributed by atoms with Crippen LogP contribution in [0.4, 0.5) is 0 Å². The molecule has 0 amide bonds. The Hall–Kier alpha value is -2.21. The van der Waals surface area contributed by atoms with Crippen molar-refractivity contribution in [2.24, 2.45) is 0 Å². The Balaban J connectivity index is 2.18. The molecule has 1 aromatic heterocycles. The van der Waals surface area contributed by atoms with Crippen molar-refractivity contribution in [3.8, 4) is 17.2 Å². The van der Waals surface area contributed by atoms with Crippen molar-refractivity contribution in [2.75, 3.05) is 21.3 Å². The molecule has 1 heterocycles. The summed E-state index contributed by atoms with van der Waals surface area (Å²) in [6.45, 7) is 4.84. The maximum absolute atomic E-state index is 5.39. The molecule has 2 aromatic rings. The molecule has 0 spiro atoms. The average Bonchev–Trinajstić information content (AvgIpc) is 2.96. The zero-order chi connectivity index (χ0) is 16.1. The standard InChI is InChI=1S/C16H23N3O3/c1-10(17-8-13-9-18-19-11(13)2)12-6-14(20-3)16(22-5)15(7-12)21-4/h6-7,9-10,17H,8H2,1-5H3,(H,18,19). The van der Waals surface area contributed by atoms with E-state index in [4.69, 9.17) is 14.2 Å². The second-order valence-electron chi connectivity index (χ2n) is 5.08. The Labute approximate surface area is 130 Å². The number of H-pyrrole nitrogens is 1. The minimum atomic E-state index is 0.128. The van der Waals surface area contributed by atoms with E-state index in [1.165, 1.54) is 0 Å². The van der Waals surface area contributed by atoms with Gasteiger partial charge >= 0.3 is 0 Å². The first-order valence-electron chi connectivity index (χ1n) is 7.12. The van der Waals surface area contributed by atoms with Gasteiger partial charge in [0.2, 0.25) is 5.75 Å². The van der Waals surface area contributed by atoms with Crippen LogP contribution in [0.3, 0.4) is 0 Å². The van der Waals surface area contributed by atoms with E-state index in [9.17, 15) is 0 Å². The number of aromatic amines is 1. The van der Waals surface area contributed by atoms with Gasteiger partial charge in [-0.05, 0) is 31.5 Å². The van der Waals surface area contributed by atoms with Gasteiger partial charge in [0, 0.05) is 23.8 Å². The summed E-state index contributed by atoms with van der Waals surface area (Å²) in [5, 5.41) is 10.4. The molecule has 1 aromatic carbocycles. The lowest BCUT2D eigenvalue weighted by atomic mass is 10.1. The van der Waals surface area contributed by atoms with Crippen molar-refractivity contribution in [3.05, 3.63) is 35.2 Å². The smallest absolute Gasteiger partial charge is 0.203 e. The van der Waals surface area contributed by atoms with Crippen molar-refractivity contribution >= 4 is 0 Å². The molecular formula is C16H23N3O3. The van der Waals surface area contributed by atoms with Gasteiger partial charge in [-0.1, -0.05) is 0 Å². The molecule has 0 radical (unpaired) electrons. The predicted octanol–water partition coefficient (Wildman–Crippen LogP) is 2.59. The zero-order valence-electron chi connectivity index (χ0n) is 13.7. The third-order valence-corrected chi connectivity index (χ3v) is 3.72. The third kappa shape index (κ3) is 3.33. The van der Waals surface area contributed by atoms with E-state index in [1.54, 1.807) is 21.3 Å². The Morgan fingerprint density at radius 1 is 1.14 bits per heavy atom. The van der Waals surface area contributed by atoms with E-state index in [-0.39, 0.29) is 6.04 Å². The molecule has 0 fully saturated rings.